The zero-order valence-corrected chi connectivity index (χ0v) is 8.95. The van der Waals surface area contributed by atoms with Gasteiger partial charge in [-0.3, -0.25) is 0 Å². The minimum Gasteiger partial charge on any atom is -0.389 e. The first-order valence-electron chi connectivity index (χ1n) is 5.30. The molecule has 0 amide bonds. The van der Waals surface area contributed by atoms with Crippen LogP contribution in [0.4, 0.5) is 0 Å². The fraction of sp³-hybridized carbons (Fsp3) is 1.00. The smallest absolute Gasteiger partial charge is 0.0900 e. The van der Waals surface area contributed by atoms with Crippen LogP contribution in [0.1, 0.15) is 12.8 Å². The summed E-state index contributed by atoms with van der Waals surface area (Å²) in [7, 11) is 1.64. The molecule has 1 N–H and O–H groups in total. The Kier molecular flexibility index (Phi) is 6.10. The Balaban J connectivity index is 1.95. The third-order valence-electron chi connectivity index (χ3n) is 2.41. The van der Waals surface area contributed by atoms with E-state index in [4.69, 9.17) is 9.47 Å². The number of hydrogen-bond donors (Lipinski definition) is 1. The van der Waals surface area contributed by atoms with Gasteiger partial charge in [-0.2, -0.15) is 0 Å². The Labute approximate surface area is 85.8 Å². The lowest BCUT2D eigenvalue weighted by atomic mass is 10.3. The van der Waals surface area contributed by atoms with E-state index in [0.717, 1.165) is 19.6 Å². The van der Waals surface area contributed by atoms with Crippen molar-refractivity contribution in [1.29, 1.82) is 0 Å². The van der Waals surface area contributed by atoms with E-state index in [1.54, 1.807) is 7.11 Å². The molecule has 14 heavy (non-hydrogen) atoms. The molecule has 0 saturated carbocycles. The lowest BCUT2D eigenvalue weighted by Crippen LogP contribution is -2.33. The van der Waals surface area contributed by atoms with Crippen molar-refractivity contribution < 1.29 is 14.6 Å². The van der Waals surface area contributed by atoms with Crippen molar-refractivity contribution in [3.05, 3.63) is 0 Å². The molecule has 0 aromatic heterocycles. The molecule has 1 unspecified atom stereocenters. The maximum atomic E-state index is 9.60. The number of nitrogens with zero attached hydrogens (tertiary/aromatic N) is 1. The molecule has 1 aliphatic heterocycles. The molecule has 1 aliphatic rings. The highest BCUT2D eigenvalue weighted by Gasteiger charge is 2.15. The lowest BCUT2D eigenvalue weighted by Gasteiger charge is -2.19. The summed E-state index contributed by atoms with van der Waals surface area (Å²) >= 11 is 0. The summed E-state index contributed by atoms with van der Waals surface area (Å²) in [6, 6.07) is 0. The molecule has 0 bridgehead atoms. The van der Waals surface area contributed by atoms with E-state index >= 15 is 0 Å². The largest absolute Gasteiger partial charge is 0.389 e. The van der Waals surface area contributed by atoms with Crippen LogP contribution in [0, 0.1) is 0 Å². The van der Waals surface area contributed by atoms with Crippen molar-refractivity contribution in [2.45, 2.75) is 18.9 Å². The van der Waals surface area contributed by atoms with Gasteiger partial charge in [0.25, 0.3) is 0 Å². The van der Waals surface area contributed by atoms with Crippen LogP contribution in [-0.4, -0.2) is 62.7 Å². The molecule has 1 fully saturated rings. The van der Waals surface area contributed by atoms with Crippen LogP contribution in [0.2, 0.25) is 0 Å². The second-order valence-corrected chi connectivity index (χ2v) is 3.73. The summed E-state index contributed by atoms with van der Waals surface area (Å²) < 4.78 is 10.1. The topological polar surface area (TPSA) is 41.9 Å². The Morgan fingerprint density at radius 1 is 1.29 bits per heavy atom. The normalized spacial score (nSPS) is 20.1. The fourth-order valence-corrected chi connectivity index (χ4v) is 1.68. The predicted molar refractivity (Wildman–Crippen MR) is 54.4 cm³/mol. The van der Waals surface area contributed by atoms with Gasteiger partial charge >= 0.3 is 0 Å². The number of β-amino-alcohol motifs (C(OH)–C–C–N with tert-alkyl or cyclic N) is 1. The highest BCUT2D eigenvalue weighted by atomic mass is 16.5. The van der Waals surface area contributed by atoms with Gasteiger partial charge in [0, 0.05) is 13.7 Å². The molecule has 1 saturated heterocycles. The summed E-state index contributed by atoms with van der Waals surface area (Å²) in [5.74, 6) is 0. The first-order valence-corrected chi connectivity index (χ1v) is 5.30. The van der Waals surface area contributed by atoms with E-state index in [0.29, 0.717) is 19.8 Å². The Hall–Kier alpha value is -0.160. The highest BCUT2D eigenvalue weighted by Crippen LogP contribution is 2.07. The van der Waals surface area contributed by atoms with E-state index in [1.807, 2.05) is 0 Å². The molecule has 1 rings (SSSR count). The van der Waals surface area contributed by atoms with Crippen molar-refractivity contribution in [3.63, 3.8) is 0 Å². The van der Waals surface area contributed by atoms with Crippen LogP contribution in [0.3, 0.4) is 0 Å². The molecule has 0 aliphatic carbocycles. The first-order chi connectivity index (χ1) is 6.83. The summed E-state index contributed by atoms with van der Waals surface area (Å²) in [4.78, 5) is 2.28. The number of aliphatic hydroxyl groups is 1. The number of rotatable bonds is 7. The van der Waals surface area contributed by atoms with Crippen LogP contribution < -0.4 is 0 Å². The number of aliphatic hydroxyl groups excluding tert-OH is 1. The van der Waals surface area contributed by atoms with E-state index in [2.05, 4.69) is 4.90 Å². The number of methoxy groups -OCH3 is 1. The van der Waals surface area contributed by atoms with Gasteiger partial charge in [0.05, 0.1) is 25.9 Å². The Morgan fingerprint density at radius 2 is 2.00 bits per heavy atom. The zero-order valence-electron chi connectivity index (χ0n) is 8.95. The zero-order chi connectivity index (χ0) is 10.2. The predicted octanol–water partition coefficient (Wildman–Crippen LogP) is 0.106. The molecule has 0 aromatic carbocycles. The van der Waals surface area contributed by atoms with Crippen LogP contribution in [-0.2, 0) is 9.47 Å². The Bertz CT molecular complexity index is 137. The van der Waals surface area contributed by atoms with Crippen LogP contribution in [0.5, 0.6) is 0 Å². The standard InChI is InChI=1S/C10H21NO3/c1-13-6-7-14-9-10(12)8-11-4-2-3-5-11/h10,12H,2-9H2,1H3. The van der Waals surface area contributed by atoms with Gasteiger partial charge in [-0.1, -0.05) is 0 Å². The van der Waals surface area contributed by atoms with Crippen molar-refractivity contribution in [2.75, 3.05) is 46.6 Å². The molecule has 0 radical (unpaired) electrons. The van der Waals surface area contributed by atoms with E-state index in [1.165, 1.54) is 12.8 Å². The molecule has 84 valence electrons. The average Bonchev–Trinajstić information content (AvgIpc) is 2.65. The fourth-order valence-electron chi connectivity index (χ4n) is 1.68. The maximum Gasteiger partial charge on any atom is 0.0900 e. The third kappa shape index (κ3) is 4.91. The van der Waals surface area contributed by atoms with Gasteiger partial charge in [-0.05, 0) is 25.9 Å². The molecule has 0 spiro atoms. The van der Waals surface area contributed by atoms with Gasteiger partial charge < -0.3 is 19.5 Å². The van der Waals surface area contributed by atoms with E-state index < -0.39 is 0 Å². The number of ether oxygens (including phenoxy) is 2. The molecular weight excluding hydrogens is 182 g/mol. The average molecular weight is 203 g/mol. The minimum atomic E-state index is -0.357. The third-order valence-corrected chi connectivity index (χ3v) is 2.41. The van der Waals surface area contributed by atoms with Crippen LogP contribution in [0.15, 0.2) is 0 Å². The lowest BCUT2D eigenvalue weighted by molar-refractivity contribution is 0.00213. The highest BCUT2D eigenvalue weighted by molar-refractivity contribution is 4.69. The second-order valence-electron chi connectivity index (χ2n) is 3.73. The van der Waals surface area contributed by atoms with Crippen molar-refractivity contribution >= 4 is 0 Å². The summed E-state index contributed by atoms with van der Waals surface area (Å²) in [5.41, 5.74) is 0. The van der Waals surface area contributed by atoms with Gasteiger partial charge in [0.15, 0.2) is 0 Å². The monoisotopic (exact) mass is 203 g/mol. The molecule has 0 aromatic rings. The van der Waals surface area contributed by atoms with Crippen molar-refractivity contribution in [1.82, 2.24) is 4.90 Å². The quantitative estimate of drug-likeness (QED) is 0.596. The van der Waals surface area contributed by atoms with Gasteiger partial charge in [0.1, 0.15) is 0 Å². The molecule has 4 nitrogen and oxygen atoms in total. The van der Waals surface area contributed by atoms with E-state index in [-0.39, 0.29) is 6.10 Å². The summed E-state index contributed by atoms with van der Waals surface area (Å²) in [6.45, 7) is 4.56. The molecule has 4 heteroatoms. The molecule has 1 atom stereocenters. The summed E-state index contributed by atoms with van der Waals surface area (Å²) in [6.07, 6.45) is 2.17. The van der Waals surface area contributed by atoms with Gasteiger partial charge in [-0.25, -0.2) is 0 Å². The van der Waals surface area contributed by atoms with E-state index in [9.17, 15) is 5.11 Å². The van der Waals surface area contributed by atoms with Gasteiger partial charge in [0.2, 0.25) is 0 Å². The van der Waals surface area contributed by atoms with Gasteiger partial charge in [-0.15, -0.1) is 0 Å². The number of likely N-dealkylation sites (tertiary alicyclic amines) is 1. The minimum absolute atomic E-state index is 0.357. The van der Waals surface area contributed by atoms with Crippen LogP contribution in [0.25, 0.3) is 0 Å². The Morgan fingerprint density at radius 3 is 2.64 bits per heavy atom. The van der Waals surface area contributed by atoms with Crippen LogP contribution >= 0.6 is 0 Å². The second kappa shape index (κ2) is 7.17. The van der Waals surface area contributed by atoms with Crippen molar-refractivity contribution in [3.8, 4) is 0 Å². The van der Waals surface area contributed by atoms with Crippen molar-refractivity contribution in [2.24, 2.45) is 0 Å². The molecular formula is C10H21NO3. The summed E-state index contributed by atoms with van der Waals surface area (Å²) in [5, 5.41) is 9.60. The SMILES string of the molecule is COCCOCC(O)CN1CCCC1. The molecule has 1 heterocycles. The number of hydrogen-bond acceptors (Lipinski definition) is 4. The first kappa shape index (κ1) is 11.9. The maximum absolute atomic E-state index is 9.60.